The summed E-state index contributed by atoms with van der Waals surface area (Å²) in [6, 6.07) is 7.83. The van der Waals surface area contributed by atoms with E-state index >= 15 is 0 Å². The highest BCUT2D eigenvalue weighted by Crippen LogP contribution is 2.35. The van der Waals surface area contributed by atoms with E-state index < -0.39 is 23.4 Å². The molecule has 0 fully saturated rings. The summed E-state index contributed by atoms with van der Waals surface area (Å²) in [6.45, 7) is 1.46. The molecule has 128 valence electrons. The molecule has 1 amide bonds. The van der Waals surface area contributed by atoms with E-state index in [1.807, 2.05) is 5.32 Å². The molecule has 0 aliphatic carbocycles. The van der Waals surface area contributed by atoms with Gasteiger partial charge in [-0.1, -0.05) is 12.1 Å². The van der Waals surface area contributed by atoms with Crippen LogP contribution in [0, 0.1) is 0 Å². The summed E-state index contributed by atoms with van der Waals surface area (Å²) in [4.78, 5) is 22.5. The first-order valence-electron chi connectivity index (χ1n) is 7.06. The monoisotopic (exact) mass is 339 g/mol. The van der Waals surface area contributed by atoms with Gasteiger partial charge in [-0.25, -0.2) is 4.79 Å². The molecular formula is C16H15F2NO5. The molecule has 1 aromatic heterocycles. The number of amides is 1. The number of hydrogen-bond acceptors (Lipinski definition) is 4. The summed E-state index contributed by atoms with van der Waals surface area (Å²) in [5.74, 6) is -7.01. The minimum Gasteiger partial charge on any atom is -0.493 e. The molecular weight excluding hydrogens is 324 g/mol. The summed E-state index contributed by atoms with van der Waals surface area (Å²) in [7, 11) is 0. The van der Waals surface area contributed by atoms with Crippen molar-refractivity contribution in [2.75, 3.05) is 6.61 Å². The number of benzene rings is 1. The molecule has 1 aromatic carbocycles. The van der Waals surface area contributed by atoms with Gasteiger partial charge in [0.15, 0.2) is 0 Å². The van der Waals surface area contributed by atoms with Crippen molar-refractivity contribution in [3.63, 3.8) is 0 Å². The maximum Gasteiger partial charge on any atom is 0.371 e. The zero-order chi connectivity index (χ0) is 17.7. The zero-order valence-corrected chi connectivity index (χ0v) is 12.7. The van der Waals surface area contributed by atoms with E-state index in [4.69, 9.17) is 14.3 Å². The van der Waals surface area contributed by atoms with Crippen LogP contribution in [0.1, 0.15) is 28.8 Å². The fraction of sp³-hybridized carbons (Fsp3) is 0.250. The van der Waals surface area contributed by atoms with Crippen LogP contribution in [0.3, 0.4) is 0 Å². The number of nitrogens with one attached hydrogen (secondary N) is 1. The third-order valence-electron chi connectivity index (χ3n) is 3.11. The van der Waals surface area contributed by atoms with Gasteiger partial charge in [0.25, 0.3) is 5.91 Å². The van der Waals surface area contributed by atoms with Gasteiger partial charge in [0.05, 0.1) is 18.7 Å². The van der Waals surface area contributed by atoms with Crippen molar-refractivity contribution in [1.29, 1.82) is 0 Å². The number of halogens is 2. The van der Waals surface area contributed by atoms with Crippen molar-refractivity contribution < 1.29 is 32.6 Å². The molecule has 0 saturated heterocycles. The van der Waals surface area contributed by atoms with Gasteiger partial charge in [0, 0.05) is 0 Å². The molecule has 2 aromatic rings. The van der Waals surface area contributed by atoms with Crippen LogP contribution in [0.4, 0.5) is 8.78 Å². The number of furan rings is 1. The Morgan fingerprint density at radius 2 is 1.96 bits per heavy atom. The SMILES string of the molecule is CCOc1ccccc1C(F)(F)C(=O)NCc1ccc(C(=O)O)o1. The smallest absolute Gasteiger partial charge is 0.371 e. The van der Waals surface area contributed by atoms with Gasteiger partial charge in [-0.15, -0.1) is 0 Å². The van der Waals surface area contributed by atoms with Gasteiger partial charge in [-0.05, 0) is 31.2 Å². The lowest BCUT2D eigenvalue weighted by molar-refractivity contribution is -0.147. The summed E-state index contributed by atoms with van der Waals surface area (Å²) in [6.07, 6.45) is 0. The van der Waals surface area contributed by atoms with Crippen molar-refractivity contribution >= 4 is 11.9 Å². The Hall–Kier alpha value is -2.90. The first-order chi connectivity index (χ1) is 11.4. The number of para-hydroxylation sites is 1. The Bertz CT molecular complexity index is 742. The summed E-state index contributed by atoms with van der Waals surface area (Å²) in [5, 5.41) is 10.7. The maximum absolute atomic E-state index is 14.4. The van der Waals surface area contributed by atoms with Crippen LogP contribution in [0.15, 0.2) is 40.8 Å². The molecule has 24 heavy (non-hydrogen) atoms. The first-order valence-corrected chi connectivity index (χ1v) is 7.06. The third kappa shape index (κ3) is 3.70. The molecule has 0 bridgehead atoms. The lowest BCUT2D eigenvalue weighted by Crippen LogP contribution is -2.38. The van der Waals surface area contributed by atoms with Gasteiger partial charge in [0.1, 0.15) is 11.5 Å². The third-order valence-corrected chi connectivity index (χ3v) is 3.11. The molecule has 0 radical (unpaired) electrons. The molecule has 0 spiro atoms. The van der Waals surface area contributed by atoms with E-state index in [0.717, 1.165) is 6.07 Å². The normalized spacial score (nSPS) is 11.1. The highest BCUT2D eigenvalue weighted by atomic mass is 19.3. The van der Waals surface area contributed by atoms with Gasteiger partial charge >= 0.3 is 11.9 Å². The minimum absolute atomic E-state index is 0.0506. The Morgan fingerprint density at radius 3 is 2.58 bits per heavy atom. The number of hydrogen-bond donors (Lipinski definition) is 2. The van der Waals surface area contributed by atoms with Crippen molar-refractivity contribution in [1.82, 2.24) is 5.32 Å². The molecule has 2 rings (SSSR count). The summed E-state index contributed by atoms with van der Waals surface area (Å²) in [5.41, 5.74) is -0.546. The summed E-state index contributed by atoms with van der Waals surface area (Å²) < 4.78 is 38.7. The Kier molecular flexibility index (Phi) is 5.18. The number of alkyl halides is 2. The lowest BCUT2D eigenvalue weighted by Gasteiger charge is -2.19. The highest BCUT2D eigenvalue weighted by Gasteiger charge is 2.43. The number of aromatic carboxylic acids is 1. The average molecular weight is 339 g/mol. The van der Waals surface area contributed by atoms with Crippen LogP contribution in [0.2, 0.25) is 0 Å². The Morgan fingerprint density at radius 1 is 1.25 bits per heavy atom. The standard InChI is InChI=1S/C16H15F2NO5/c1-2-23-12-6-4-3-5-11(12)16(17,18)15(22)19-9-10-7-8-13(24-10)14(20)21/h3-8H,2,9H2,1H3,(H,19,22)(H,20,21). The first kappa shape index (κ1) is 17.5. The molecule has 0 aliphatic heterocycles. The van der Waals surface area contributed by atoms with Crippen LogP contribution >= 0.6 is 0 Å². The van der Waals surface area contributed by atoms with Gasteiger partial charge in [-0.2, -0.15) is 8.78 Å². The van der Waals surface area contributed by atoms with Crippen LogP contribution in [-0.2, 0) is 17.3 Å². The van der Waals surface area contributed by atoms with Crippen LogP contribution in [0.25, 0.3) is 0 Å². The number of carboxylic acid groups (broad SMARTS) is 1. The van der Waals surface area contributed by atoms with Crippen molar-refractivity contribution in [2.24, 2.45) is 0 Å². The molecule has 2 N–H and O–H groups in total. The van der Waals surface area contributed by atoms with Crippen LogP contribution in [0.5, 0.6) is 5.75 Å². The quantitative estimate of drug-likeness (QED) is 0.810. The number of ether oxygens (including phenoxy) is 1. The Labute approximate surface area is 136 Å². The second-order valence-electron chi connectivity index (χ2n) is 4.76. The number of carboxylic acids is 1. The van der Waals surface area contributed by atoms with E-state index in [1.165, 1.54) is 30.3 Å². The molecule has 6 nitrogen and oxygen atoms in total. The van der Waals surface area contributed by atoms with Gasteiger partial charge in [0.2, 0.25) is 5.76 Å². The van der Waals surface area contributed by atoms with Crippen molar-refractivity contribution in [3.05, 3.63) is 53.5 Å². The van der Waals surface area contributed by atoms with E-state index in [0.29, 0.717) is 0 Å². The van der Waals surface area contributed by atoms with E-state index in [-0.39, 0.29) is 30.4 Å². The molecule has 0 atom stereocenters. The predicted molar refractivity (Wildman–Crippen MR) is 79.0 cm³/mol. The van der Waals surface area contributed by atoms with Crippen LogP contribution in [-0.4, -0.2) is 23.6 Å². The number of carbonyl (C=O) groups is 2. The second kappa shape index (κ2) is 7.12. The molecule has 8 heteroatoms. The van der Waals surface area contributed by atoms with Crippen molar-refractivity contribution in [3.8, 4) is 5.75 Å². The molecule has 0 unspecified atom stereocenters. The van der Waals surface area contributed by atoms with E-state index in [1.54, 1.807) is 6.92 Å². The highest BCUT2D eigenvalue weighted by molar-refractivity contribution is 5.86. The second-order valence-corrected chi connectivity index (χ2v) is 4.76. The number of rotatable bonds is 7. The number of carbonyl (C=O) groups excluding carboxylic acids is 1. The fourth-order valence-electron chi connectivity index (χ4n) is 2.00. The minimum atomic E-state index is -3.81. The van der Waals surface area contributed by atoms with Gasteiger partial charge < -0.3 is 19.6 Å². The molecule has 0 saturated carbocycles. The Balaban J connectivity index is 2.11. The van der Waals surface area contributed by atoms with E-state index in [9.17, 15) is 18.4 Å². The van der Waals surface area contributed by atoms with E-state index in [2.05, 4.69) is 0 Å². The zero-order valence-electron chi connectivity index (χ0n) is 12.7. The van der Waals surface area contributed by atoms with Crippen molar-refractivity contribution in [2.45, 2.75) is 19.4 Å². The predicted octanol–water partition coefficient (Wildman–Crippen LogP) is 2.78. The average Bonchev–Trinajstić information content (AvgIpc) is 3.02. The fourth-order valence-corrected chi connectivity index (χ4v) is 2.00. The lowest BCUT2D eigenvalue weighted by atomic mass is 10.1. The van der Waals surface area contributed by atoms with Gasteiger partial charge in [-0.3, -0.25) is 4.79 Å². The molecule has 1 heterocycles. The molecule has 0 aliphatic rings. The maximum atomic E-state index is 14.4. The largest absolute Gasteiger partial charge is 0.493 e. The van der Waals surface area contributed by atoms with Crippen LogP contribution < -0.4 is 10.1 Å². The summed E-state index contributed by atoms with van der Waals surface area (Å²) >= 11 is 0. The topological polar surface area (TPSA) is 88.8 Å².